The second-order valence-corrected chi connectivity index (χ2v) is 6.43. The van der Waals surface area contributed by atoms with E-state index >= 15 is 0 Å². The molecule has 5 heteroatoms. The van der Waals surface area contributed by atoms with E-state index in [1.54, 1.807) is 0 Å². The molecule has 0 atom stereocenters. The smallest absolute Gasteiger partial charge is 0.129 e. The van der Waals surface area contributed by atoms with Crippen molar-refractivity contribution in [3.63, 3.8) is 0 Å². The molecule has 4 rings (SSSR count). The molecule has 0 amide bonds. The first kappa shape index (κ1) is 14.6. The summed E-state index contributed by atoms with van der Waals surface area (Å²) in [5, 5.41) is 1.17. The maximum atomic E-state index is 6.15. The zero-order valence-corrected chi connectivity index (χ0v) is 14.0. The molecule has 23 heavy (non-hydrogen) atoms. The SMILES string of the molecule is CC1=NCC2=C1c1cnc(Cl)cc1C(c1ccc(Cl)cc1)=NC2. The third-order valence-electron chi connectivity index (χ3n) is 4.16. The summed E-state index contributed by atoms with van der Waals surface area (Å²) in [6.45, 7) is 3.38. The Morgan fingerprint density at radius 3 is 2.48 bits per heavy atom. The standard InChI is InChI=1S/C18H13Cl2N3/c1-10-17-12(7-21-10)8-23-18(11-2-4-13(19)5-3-11)14-6-16(20)22-9-15(14)17/h2-6,9H,7-8H2,1H3. The van der Waals surface area contributed by atoms with Crippen LogP contribution in [0.3, 0.4) is 0 Å². The zero-order chi connectivity index (χ0) is 16.0. The van der Waals surface area contributed by atoms with Gasteiger partial charge in [-0.2, -0.15) is 0 Å². The van der Waals surface area contributed by atoms with Crippen molar-refractivity contribution >= 4 is 40.2 Å². The minimum Gasteiger partial charge on any atom is -0.285 e. The van der Waals surface area contributed by atoms with E-state index in [2.05, 4.69) is 9.98 Å². The van der Waals surface area contributed by atoms with Crippen LogP contribution >= 0.6 is 23.2 Å². The molecule has 1 aromatic heterocycles. The van der Waals surface area contributed by atoms with Crippen molar-refractivity contribution in [1.82, 2.24) is 4.98 Å². The lowest BCUT2D eigenvalue weighted by molar-refractivity contribution is 1.07. The van der Waals surface area contributed by atoms with Crippen LogP contribution in [-0.2, 0) is 0 Å². The fourth-order valence-corrected chi connectivity index (χ4v) is 3.37. The third-order valence-corrected chi connectivity index (χ3v) is 4.62. The topological polar surface area (TPSA) is 37.6 Å². The normalized spacial score (nSPS) is 16.5. The number of allylic oxidation sites excluding steroid dienone is 1. The second kappa shape index (κ2) is 5.59. The number of rotatable bonds is 1. The minimum absolute atomic E-state index is 0.460. The lowest BCUT2D eigenvalue weighted by Crippen LogP contribution is -2.08. The highest BCUT2D eigenvalue weighted by molar-refractivity contribution is 6.33. The van der Waals surface area contributed by atoms with Gasteiger partial charge in [-0.15, -0.1) is 0 Å². The lowest BCUT2D eigenvalue weighted by Gasteiger charge is -2.12. The van der Waals surface area contributed by atoms with Gasteiger partial charge in [0.1, 0.15) is 5.15 Å². The number of aromatic nitrogens is 1. The van der Waals surface area contributed by atoms with E-state index in [4.69, 9.17) is 28.2 Å². The molecule has 0 aliphatic carbocycles. The van der Waals surface area contributed by atoms with Crippen LogP contribution in [0.4, 0.5) is 0 Å². The van der Waals surface area contributed by atoms with E-state index in [1.165, 1.54) is 5.57 Å². The van der Waals surface area contributed by atoms with Gasteiger partial charge in [-0.3, -0.25) is 9.98 Å². The molecule has 0 saturated carbocycles. The van der Waals surface area contributed by atoms with Crippen molar-refractivity contribution in [3.05, 3.63) is 69.0 Å². The molecule has 0 unspecified atom stereocenters. The number of halogens is 2. The number of aliphatic imine (C=N–C) groups is 2. The van der Waals surface area contributed by atoms with Crippen LogP contribution in [0.15, 0.2) is 52.1 Å². The molecule has 0 fully saturated rings. The first-order valence-corrected chi connectivity index (χ1v) is 8.09. The molecule has 1 aromatic carbocycles. The Hall–Kier alpha value is -1.97. The Labute approximate surface area is 144 Å². The molecule has 0 saturated heterocycles. The molecule has 2 aliphatic heterocycles. The van der Waals surface area contributed by atoms with Crippen molar-refractivity contribution in [2.75, 3.05) is 13.1 Å². The molecule has 0 spiro atoms. The quantitative estimate of drug-likeness (QED) is 0.705. The number of hydrogen-bond donors (Lipinski definition) is 0. The maximum absolute atomic E-state index is 6.15. The second-order valence-electron chi connectivity index (χ2n) is 5.60. The van der Waals surface area contributed by atoms with Gasteiger partial charge in [0.15, 0.2) is 0 Å². The van der Waals surface area contributed by atoms with Crippen molar-refractivity contribution in [2.45, 2.75) is 6.92 Å². The predicted molar refractivity (Wildman–Crippen MR) is 96.1 cm³/mol. The molecule has 0 radical (unpaired) electrons. The number of benzene rings is 1. The summed E-state index contributed by atoms with van der Waals surface area (Å²) in [7, 11) is 0. The zero-order valence-electron chi connectivity index (χ0n) is 12.5. The largest absolute Gasteiger partial charge is 0.285 e. The molecule has 114 valence electrons. The number of pyridine rings is 1. The fraction of sp³-hybridized carbons (Fsp3) is 0.167. The fourth-order valence-electron chi connectivity index (χ4n) is 3.08. The van der Waals surface area contributed by atoms with E-state index in [1.807, 2.05) is 43.5 Å². The van der Waals surface area contributed by atoms with Gasteiger partial charge in [0.25, 0.3) is 0 Å². The van der Waals surface area contributed by atoms with Crippen LogP contribution in [0.1, 0.15) is 23.6 Å². The van der Waals surface area contributed by atoms with Crippen LogP contribution in [-0.4, -0.2) is 29.5 Å². The molecule has 3 heterocycles. The highest BCUT2D eigenvalue weighted by atomic mass is 35.5. The van der Waals surface area contributed by atoms with Crippen molar-refractivity contribution in [1.29, 1.82) is 0 Å². The molecule has 0 bridgehead atoms. The Morgan fingerprint density at radius 2 is 1.70 bits per heavy atom. The van der Waals surface area contributed by atoms with Gasteiger partial charge in [0.05, 0.1) is 18.8 Å². The van der Waals surface area contributed by atoms with E-state index in [-0.39, 0.29) is 0 Å². The van der Waals surface area contributed by atoms with Gasteiger partial charge in [0.2, 0.25) is 0 Å². The van der Waals surface area contributed by atoms with Crippen molar-refractivity contribution in [2.24, 2.45) is 9.98 Å². The van der Waals surface area contributed by atoms with Crippen LogP contribution < -0.4 is 0 Å². The van der Waals surface area contributed by atoms with Gasteiger partial charge < -0.3 is 0 Å². The van der Waals surface area contributed by atoms with Crippen LogP contribution in [0.25, 0.3) is 5.57 Å². The van der Waals surface area contributed by atoms with Gasteiger partial charge in [0, 0.05) is 39.2 Å². The highest BCUT2D eigenvalue weighted by Crippen LogP contribution is 2.33. The Kier molecular flexibility index (Phi) is 3.55. The van der Waals surface area contributed by atoms with Gasteiger partial charge in [-0.05, 0) is 30.7 Å². The number of fused-ring (bicyclic) bond motifs is 2. The average molecular weight is 342 g/mol. The summed E-state index contributed by atoms with van der Waals surface area (Å²) < 4.78 is 0. The number of nitrogens with zero attached hydrogens (tertiary/aromatic N) is 3. The maximum Gasteiger partial charge on any atom is 0.129 e. The van der Waals surface area contributed by atoms with E-state index < -0.39 is 0 Å². The molecule has 0 N–H and O–H groups in total. The van der Waals surface area contributed by atoms with Gasteiger partial charge in [-0.25, -0.2) is 4.98 Å². The summed E-state index contributed by atoms with van der Waals surface area (Å²) in [6, 6.07) is 9.60. The van der Waals surface area contributed by atoms with E-state index in [0.717, 1.165) is 33.7 Å². The highest BCUT2D eigenvalue weighted by Gasteiger charge is 2.25. The molecule has 2 aromatic rings. The Balaban J connectivity index is 1.94. The minimum atomic E-state index is 0.460. The first-order valence-electron chi connectivity index (χ1n) is 7.33. The summed E-state index contributed by atoms with van der Waals surface area (Å²) in [6.07, 6.45) is 1.83. The predicted octanol–water partition coefficient (Wildman–Crippen LogP) is 4.47. The van der Waals surface area contributed by atoms with Crippen molar-refractivity contribution < 1.29 is 0 Å². The Bertz CT molecular complexity index is 893. The molecular formula is C18H13Cl2N3. The summed E-state index contributed by atoms with van der Waals surface area (Å²) >= 11 is 12.2. The summed E-state index contributed by atoms with van der Waals surface area (Å²) in [5.74, 6) is 0. The van der Waals surface area contributed by atoms with Gasteiger partial charge in [-0.1, -0.05) is 35.3 Å². The van der Waals surface area contributed by atoms with Gasteiger partial charge >= 0.3 is 0 Å². The average Bonchev–Trinajstić information content (AvgIpc) is 2.82. The third kappa shape index (κ3) is 2.50. The summed E-state index contributed by atoms with van der Waals surface area (Å²) in [4.78, 5) is 13.7. The van der Waals surface area contributed by atoms with E-state index in [9.17, 15) is 0 Å². The lowest BCUT2D eigenvalue weighted by atomic mass is 9.92. The van der Waals surface area contributed by atoms with Crippen LogP contribution in [0, 0.1) is 0 Å². The molecular weight excluding hydrogens is 329 g/mol. The van der Waals surface area contributed by atoms with Crippen LogP contribution in [0.2, 0.25) is 10.2 Å². The molecule has 2 aliphatic rings. The van der Waals surface area contributed by atoms with E-state index in [0.29, 0.717) is 23.3 Å². The Morgan fingerprint density at radius 1 is 0.957 bits per heavy atom. The summed E-state index contributed by atoms with van der Waals surface area (Å²) in [5.41, 5.74) is 7.42. The monoisotopic (exact) mass is 341 g/mol. The van der Waals surface area contributed by atoms with Crippen LogP contribution in [0.5, 0.6) is 0 Å². The first-order chi connectivity index (χ1) is 11.1. The molecule has 3 nitrogen and oxygen atoms in total. The van der Waals surface area contributed by atoms with Crippen molar-refractivity contribution in [3.8, 4) is 0 Å². The number of hydrogen-bond acceptors (Lipinski definition) is 3.